The SMILES string of the molecule is Cc1ccccc1N1CC(=O)N(N)CC1=O. The first-order chi connectivity index (χ1) is 7.59. The van der Waals surface area contributed by atoms with Crippen LogP contribution in [0.4, 0.5) is 5.69 Å². The number of aryl methyl sites for hydroxylation is 1. The third kappa shape index (κ3) is 1.77. The average Bonchev–Trinajstić information content (AvgIpc) is 2.25. The van der Waals surface area contributed by atoms with Crippen molar-refractivity contribution in [3.05, 3.63) is 29.8 Å². The number of hydrogen-bond donors (Lipinski definition) is 1. The van der Waals surface area contributed by atoms with Crippen molar-refractivity contribution >= 4 is 17.5 Å². The Hall–Kier alpha value is -1.88. The molecule has 1 aromatic carbocycles. The Morgan fingerprint density at radius 2 is 1.81 bits per heavy atom. The number of para-hydroxylation sites is 1. The number of amides is 2. The smallest absolute Gasteiger partial charge is 0.257 e. The number of carbonyl (C=O) groups excluding carboxylic acids is 2. The summed E-state index contributed by atoms with van der Waals surface area (Å²) in [5.41, 5.74) is 1.74. The first kappa shape index (κ1) is 10.6. The van der Waals surface area contributed by atoms with Crippen LogP contribution in [0.5, 0.6) is 0 Å². The van der Waals surface area contributed by atoms with Crippen LogP contribution in [-0.2, 0) is 9.59 Å². The summed E-state index contributed by atoms with van der Waals surface area (Å²) in [6.45, 7) is 1.86. The van der Waals surface area contributed by atoms with Crippen molar-refractivity contribution in [3.8, 4) is 0 Å². The maximum absolute atomic E-state index is 11.8. The van der Waals surface area contributed by atoms with Gasteiger partial charge in [-0.3, -0.25) is 14.6 Å². The van der Waals surface area contributed by atoms with E-state index in [1.807, 2.05) is 31.2 Å². The molecule has 5 nitrogen and oxygen atoms in total. The highest BCUT2D eigenvalue weighted by Gasteiger charge is 2.29. The van der Waals surface area contributed by atoms with Gasteiger partial charge in [-0.15, -0.1) is 0 Å². The summed E-state index contributed by atoms with van der Waals surface area (Å²) >= 11 is 0. The molecule has 0 radical (unpaired) electrons. The van der Waals surface area contributed by atoms with Crippen molar-refractivity contribution in [3.63, 3.8) is 0 Å². The van der Waals surface area contributed by atoms with Gasteiger partial charge in [0.15, 0.2) is 0 Å². The highest BCUT2D eigenvalue weighted by atomic mass is 16.2. The predicted octanol–water partition coefficient (Wildman–Crippen LogP) is 0.0439. The fourth-order valence-electron chi connectivity index (χ4n) is 1.72. The topological polar surface area (TPSA) is 66.6 Å². The van der Waals surface area contributed by atoms with Crippen LogP contribution in [0.15, 0.2) is 24.3 Å². The van der Waals surface area contributed by atoms with Gasteiger partial charge < -0.3 is 4.90 Å². The molecule has 1 heterocycles. The van der Waals surface area contributed by atoms with Gasteiger partial charge >= 0.3 is 0 Å². The number of piperazine rings is 1. The number of anilines is 1. The molecule has 2 amide bonds. The third-order valence-corrected chi connectivity index (χ3v) is 2.63. The monoisotopic (exact) mass is 219 g/mol. The lowest BCUT2D eigenvalue weighted by Crippen LogP contribution is -2.56. The minimum absolute atomic E-state index is 0.0141. The van der Waals surface area contributed by atoms with Crippen LogP contribution in [0.1, 0.15) is 5.56 Å². The lowest BCUT2D eigenvalue weighted by Gasteiger charge is -2.31. The molecule has 2 rings (SSSR count). The highest BCUT2D eigenvalue weighted by Crippen LogP contribution is 2.21. The van der Waals surface area contributed by atoms with Gasteiger partial charge in [0.1, 0.15) is 13.1 Å². The van der Waals surface area contributed by atoms with E-state index in [-0.39, 0.29) is 24.9 Å². The van der Waals surface area contributed by atoms with E-state index in [9.17, 15) is 9.59 Å². The summed E-state index contributed by atoms with van der Waals surface area (Å²) in [5, 5.41) is 0.955. The van der Waals surface area contributed by atoms with Crippen LogP contribution < -0.4 is 10.7 Å². The predicted molar refractivity (Wildman–Crippen MR) is 59.4 cm³/mol. The van der Waals surface area contributed by atoms with Crippen molar-refractivity contribution in [2.24, 2.45) is 5.84 Å². The van der Waals surface area contributed by atoms with E-state index < -0.39 is 0 Å². The van der Waals surface area contributed by atoms with Crippen LogP contribution in [0, 0.1) is 6.92 Å². The number of hydrogen-bond acceptors (Lipinski definition) is 3. The van der Waals surface area contributed by atoms with Gasteiger partial charge in [0.2, 0.25) is 5.91 Å². The van der Waals surface area contributed by atoms with Gasteiger partial charge in [0.05, 0.1) is 0 Å². The fraction of sp³-hybridized carbons (Fsp3) is 0.273. The Morgan fingerprint density at radius 1 is 1.12 bits per heavy atom. The maximum atomic E-state index is 11.8. The molecule has 0 bridgehead atoms. The van der Waals surface area contributed by atoms with Crippen LogP contribution >= 0.6 is 0 Å². The quantitative estimate of drug-likeness (QED) is 0.536. The highest BCUT2D eigenvalue weighted by molar-refractivity contribution is 6.04. The normalized spacial score (nSPS) is 16.9. The van der Waals surface area contributed by atoms with Crippen molar-refractivity contribution in [2.45, 2.75) is 6.92 Å². The van der Waals surface area contributed by atoms with Crippen molar-refractivity contribution < 1.29 is 9.59 Å². The molecule has 0 aromatic heterocycles. The molecule has 1 saturated heterocycles. The van der Waals surface area contributed by atoms with E-state index in [4.69, 9.17) is 5.84 Å². The Bertz CT molecular complexity index is 445. The van der Waals surface area contributed by atoms with Crippen LogP contribution in [0.2, 0.25) is 0 Å². The first-order valence-corrected chi connectivity index (χ1v) is 5.00. The molecule has 0 saturated carbocycles. The zero-order chi connectivity index (χ0) is 11.7. The Morgan fingerprint density at radius 3 is 2.50 bits per heavy atom. The third-order valence-electron chi connectivity index (χ3n) is 2.63. The number of hydrazine groups is 1. The molecule has 0 unspecified atom stereocenters. The van der Waals surface area contributed by atoms with E-state index in [0.29, 0.717) is 0 Å². The minimum atomic E-state index is -0.247. The average molecular weight is 219 g/mol. The molecule has 2 N–H and O–H groups in total. The van der Waals surface area contributed by atoms with Crippen LogP contribution in [0.25, 0.3) is 0 Å². The van der Waals surface area contributed by atoms with Crippen molar-refractivity contribution in [2.75, 3.05) is 18.0 Å². The van der Waals surface area contributed by atoms with Gasteiger partial charge in [-0.25, -0.2) is 5.84 Å². The number of rotatable bonds is 1. The molecule has 0 aliphatic carbocycles. The Labute approximate surface area is 93.4 Å². The van der Waals surface area contributed by atoms with Gasteiger partial charge in [0.25, 0.3) is 5.91 Å². The summed E-state index contributed by atoms with van der Waals surface area (Å²) in [5.74, 6) is 4.98. The molecular weight excluding hydrogens is 206 g/mol. The zero-order valence-corrected chi connectivity index (χ0v) is 9.01. The second-order valence-electron chi connectivity index (χ2n) is 3.79. The second-order valence-corrected chi connectivity index (χ2v) is 3.79. The molecular formula is C11H13N3O2. The minimum Gasteiger partial charge on any atom is -0.301 e. The summed E-state index contributed by atoms with van der Waals surface area (Å²) in [4.78, 5) is 24.7. The molecule has 5 heteroatoms. The van der Waals surface area contributed by atoms with Crippen LogP contribution in [-0.4, -0.2) is 29.9 Å². The van der Waals surface area contributed by atoms with E-state index in [0.717, 1.165) is 16.3 Å². The van der Waals surface area contributed by atoms with Crippen LogP contribution in [0.3, 0.4) is 0 Å². The number of carbonyl (C=O) groups is 2. The summed E-state index contributed by atoms with van der Waals surface area (Å²) in [7, 11) is 0. The van der Waals surface area contributed by atoms with E-state index >= 15 is 0 Å². The van der Waals surface area contributed by atoms with Gasteiger partial charge in [-0.1, -0.05) is 18.2 Å². The largest absolute Gasteiger partial charge is 0.301 e. The summed E-state index contributed by atoms with van der Waals surface area (Å²) in [6.07, 6.45) is 0. The molecule has 1 aliphatic rings. The lowest BCUT2D eigenvalue weighted by molar-refractivity contribution is -0.138. The molecule has 1 aliphatic heterocycles. The fourth-order valence-corrected chi connectivity index (χ4v) is 1.72. The maximum Gasteiger partial charge on any atom is 0.257 e. The molecule has 0 spiro atoms. The van der Waals surface area contributed by atoms with Crippen molar-refractivity contribution in [1.29, 1.82) is 0 Å². The first-order valence-electron chi connectivity index (χ1n) is 5.00. The van der Waals surface area contributed by atoms with E-state index in [1.54, 1.807) is 0 Å². The molecule has 1 fully saturated rings. The standard InChI is InChI=1S/C11H13N3O2/c1-8-4-2-3-5-9(8)13-6-11(16)14(12)7-10(13)15/h2-5H,6-7,12H2,1H3. The Kier molecular flexibility index (Phi) is 2.62. The van der Waals surface area contributed by atoms with E-state index in [2.05, 4.69) is 0 Å². The second kappa shape index (κ2) is 3.94. The molecule has 16 heavy (non-hydrogen) atoms. The number of nitrogens with two attached hydrogens (primary N) is 1. The summed E-state index contributed by atoms with van der Waals surface area (Å²) in [6, 6.07) is 7.47. The van der Waals surface area contributed by atoms with Gasteiger partial charge in [-0.05, 0) is 18.6 Å². The van der Waals surface area contributed by atoms with Gasteiger partial charge in [0, 0.05) is 5.69 Å². The number of nitrogens with zero attached hydrogens (tertiary/aromatic N) is 2. The number of benzene rings is 1. The van der Waals surface area contributed by atoms with Gasteiger partial charge in [-0.2, -0.15) is 0 Å². The van der Waals surface area contributed by atoms with Crippen molar-refractivity contribution in [1.82, 2.24) is 5.01 Å². The zero-order valence-electron chi connectivity index (χ0n) is 9.01. The Balaban J connectivity index is 2.31. The molecule has 0 atom stereocenters. The molecule has 84 valence electrons. The lowest BCUT2D eigenvalue weighted by atomic mass is 10.1. The van der Waals surface area contributed by atoms with E-state index in [1.165, 1.54) is 4.90 Å². The molecule has 1 aromatic rings. The summed E-state index contributed by atoms with van der Waals surface area (Å²) < 4.78 is 0.